The lowest BCUT2D eigenvalue weighted by atomic mass is 10.1. The Bertz CT molecular complexity index is 1430. The average Bonchev–Trinajstić information content (AvgIpc) is 3.41. The maximum atomic E-state index is 13.3. The zero-order valence-electron chi connectivity index (χ0n) is 19.7. The van der Waals surface area contributed by atoms with E-state index >= 15 is 0 Å². The summed E-state index contributed by atoms with van der Waals surface area (Å²) < 4.78 is 2.94. The Morgan fingerprint density at radius 3 is 2.39 bits per heavy atom. The van der Waals surface area contributed by atoms with Crippen LogP contribution >= 0.6 is 0 Å². The minimum atomic E-state index is -1.71. The van der Waals surface area contributed by atoms with E-state index in [0.29, 0.717) is 16.7 Å². The van der Waals surface area contributed by atoms with Gasteiger partial charge in [0.25, 0.3) is 11.5 Å². The van der Waals surface area contributed by atoms with Gasteiger partial charge < -0.3 is 34.9 Å². The third-order valence-electron chi connectivity index (χ3n) is 6.05. The molecule has 188 valence electrons. The number of imidazole rings is 1. The Kier molecular flexibility index (Phi) is 7.27. The van der Waals surface area contributed by atoms with Crippen LogP contribution in [0.3, 0.4) is 0 Å². The van der Waals surface area contributed by atoms with Crippen LogP contribution in [0.4, 0.5) is 5.69 Å². The van der Waals surface area contributed by atoms with Crippen LogP contribution in [0.5, 0.6) is 0 Å². The van der Waals surface area contributed by atoms with Crippen molar-refractivity contribution in [2.24, 2.45) is 0 Å². The zero-order chi connectivity index (χ0) is 26.0. The molecule has 0 aliphatic carbocycles. The summed E-state index contributed by atoms with van der Waals surface area (Å²) in [5.41, 5.74) is 2.56. The molecular formula is C25H27N5O6. The number of nitrogens with zero attached hydrogens (tertiary/aromatic N) is 4. The number of anilines is 1. The number of benzene rings is 2. The summed E-state index contributed by atoms with van der Waals surface area (Å²) in [4.78, 5) is 34.7. The summed E-state index contributed by atoms with van der Waals surface area (Å²) in [5, 5.41) is 42.0. The van der Waals surface area contributed by atoms with Gasteiger partial charge in [-0.15, -0.1) is 0 Å². The molecule has 4 aromatic rings. The summed E-state index contributed by atoms with van der Waals surface area (Å²) in [7, 11) is 0. The Morgan fingerprint density at radius 2 is 1.75 bits per heavy atom. The van der Waals surface area contributed by atoms with Gasteiger partial charge in [-0.3, -0.25) is 9.59 Å². The number of aliphatic hydroxyl groups is 4. The van der Waals surface area contributed by atoms with Crippen LogP contribution in [0.25, 0.3) is 16.7 Å². The Balaban J connectivity index is 1.70. The van der Waals surface area contributed by atoms with Gasteiger partial charge in [-0.25, -0.2) is 9.97 Å². The van der Waals surface area contributed by atoms with Crippen LogP contribution in [-0.2, 0) is 6.54 Å². The normalized spacial score (nSPS) is 13.9. The molecule has 5 N–H and O–H groups in total. The van der Waals surface area contributed by atoms with Gasteiger partial charge in [-0.2, -0.15) is 0 Å². The number of nitrogens with one attached hydrogen (secondary N) is 1. The molecule has 0 spiro atoms. The fourth-order valence-electron chi connectivity index (χ4n) is 3.80. The van der Waals surface area contributed by atoms with Crippen molar-refractivity contribution >= 4 is 22.6 Å². The van der Waals surface area contributed by atoms with Crippen molar-refractivity contribution in [3.63, 3.8) is 0 Å². The van der Waals surface area contributed by atoms with Gasteiger partial charge in [0, 0.05) is 23.8 Å². The fraction of sp³-hybridized carbons (Fsp3) is 0.280. The third kappa shape index (κ3) is 5.04. The SMILES string of the molecule is Cc1cc2nc(C(=O)Nc3ccc(-n4ccnc4)cc3)c(=O)n(CC(O)C(O)C(O)CO)c2cc1C. The van der Waals surface area contributed by atoms with Gasteiger partial charge in [-0.1, -0.05) is 0 Å². The molecule has 0 radical (unpaired) electrons. The molecular weight excluding hydrogens is 466 g/mol. The van der Waals surface area contributed by atoms with Crippen molar-refractivity contribution in [3.05, 3.63) is 82.3 Å². The minimum Gasteiger partial charge on any atom is -0.394 e. The van der Waals surface area contributed by atoms with E-state index in [9.17, 15) is 24.9 Å². The van der Waals surface area contributed by atoms with Crippen LogP contribution in [-0.4, -0.2) is 70.4 Å². The lowest BCUT2D eigenvalue weighted by Crippen LogP contribution is -2.44. The van der Waals surface area contributed by atoms with E-state index in [1.165, 1.54) is 0 Å². The molecule has 0 bridgehead atoms. The molecule has 0 fully saturated rings. The molecule has 0 aliphatic rings. The number of fused-ring (bicyclic) bond motifs is 1. The Hall–Kier alpha value is -3.90. The molecule has 0 saturated heterocycles. The molecule has 2 aromatic carbocycles. The Labute approximate surface area is 205 Å². The molecule has 0 aliphatic heterocycles. The van der Waals surface area contributed by atoms with E-state index < -0.39 is 48.6 Å². The number of aromatic nitrogens is 4. The highest BCUT2D eigenvalue weighted by molar-refractivity contribution is 6.03. The zero-order valence-corrected chi connectivity index (χ0v) is 19.7. The summed E-state index contributed by atoms with van der Waals surface area (Å²) >= 11 is 0. The number of amides is 1. The van der Waals surface area contributed by atoms with Gasteiger partial charge in [-0.05, 0) is 61.4 Å². The number of carbonyl (C=O) groups is 1. The second-order valence-corrected chi connectivity index (χ2v) is 8.58. The highest BCUT2D eigenvalue weighted by Gasteiger charge is 2.27. The van der Waals surface area contributed by atoms with Crippen LogP contribution in [0.15, 0.2) is 59.9 Å². The first-order valence-electron chi connectivity index (χ1n) is 11.3. The van der Waals surface area contributed by atoms with E-state index in [1.54, 1.807) is 59.7 Å². The lowest BCUT2D eigenvalue weighted by Gasteiger charge is -2.23. The maximum Gasteiger partial charge on any atom is 0.282 e. The van der Waals surface area contributed by atoms with Gasteiger partial charge in [0.05, 0.1) is 30.5 Å². The van der Waals surface area contributed by atoms with Crippen molar-refractivity contribution in [2.75, 3.05) is 11.9 Å². The molecule has 2 heterocycles. The van der Waals surface area contributed by atoms with Crippen molar-refractivity contribution in [3.8, 4) is 5.69 Å². The van der Waals surface area contributed by atoms with Crippen molar-refractivity contribution in [1.82, 2.24) is 19.1 Å². The summed E-state index contributed by atoms with van der Waals surface area (Å²) in [6.07, 6.45) is 0.177. The third-order valence-corrected chi connectivity index (χ3v) is 6.05. The summed E-state index contributed by atoms with van der Waals surface area (Å²) in [5.74, 6) is -0.741. The first kappa shape index (κ1) is 25.2. The van der Waals surface area contributed by atoms with Crippen LogP contribution < -0.4 is 10.9 Å². The predicted molar refractivity (Wildman–Crippen MR) is 132 cm³/mol. The van der Waals surface area contributed by atoms with Crippen molar-refractivity contribution in [2.45, 2.75) is 38.7 Å². The van der Waals surface area contributed by atoms with Crippen LogP contribution in [0, 0.1) is 13.8 Å². The number of carbonyl (C=O) groups excluding carboxylic acids is 1. The first-order chi connectivity index (χ1) is 17.2. The second-order valence-electron chi connectivity index (χ2n) is 8.58. The molecule has 3 unspecified atom stereocenters. The molecule has 11 heteroatoms. The van der Waals surface area contributed by atoms with E-state index in [2.05, 4.69) is 15.3 Å². The number of hydrogen-bond acceptors (Lipinski definition) is 8. The molecule has 0 saturated carbocycles. The van der Waals surface area contributed by atoms with Crippen molar-refractivity contribution in [1.29, 1.82) is 0 Å². The highest BCUT2D eigenvalue weighted by Crippen LogP contribution is 2.19. The summed E-state index contributed by atoms with van der Waals surface area (Å²) in [6, 6.07) is 10.3. The standard InChI is InChI=1S/C25H27N5O6/c1-14-9-18-19(10-15(14)2)30(11-20(32)23(34)21(33)12-31)25(36)22(28-18)24(35)27-16-3-5-17(6-4-16)29-8-7-26-13-29/h3-10,13,20-21,23,31-34H,11-12H2,1-2H3,(H,27,35). The summed E-state index contributed by atoms with van der Waals surface area (Å²) in [6.45, 7) is 2.51. The van der Waals surface area contributed by atoms with Crippen molar-refractivity contribution < 1.29 is 25.2 Å². The Morgan fingerprint density at radius 1 is 1.06 bits per heavy atom. The van der Waals surface area contributed by atoms with Gasteiger partial charge in [0.15, 0.2) is 5.69 Å². The second kappa shape index (κ2) is 10.4. The monoisotopic (exact) mass is 493 g/mol. The van der Waals surface area contributed by atoms with E-state index in [-0.39, 0.29) is 0 Å². The molecule has 2 aromatic heterocycles. The molecule has 11 nitrogen and oxygen atoms in total. The molecule has 36 heavy (non-hydrogen) atoms. The molecule has 3 atom stereocenters. The van der Waals surface area contributed by atoms with Crippen LogP contribution in [0.2, 0.25) is 0 Å². The van der Waals surface area contributed by atoms with Gasteiger partial charge in [0.1, 0.15) is 18.3 Å². The minimum absolute atomic E-state index is 0.350. The predicted octanol–water partition coefficient (Wildman–Crippen LogP) is 0.526. The number of aryl methyl sites for hydroxylation is 2. The van der Waals surface area contributed by atoms with Gasteiger partial charge >= 0.3 is 0 Å². The van der Waals surface area contributed by atoms with Gasteiger partial charge in [0.2, 0.25) is 0 Å². The number of rotatable bonds is 8. The smallest absolute Gasteiger partial charge is 0.282 e. The van der Waals surface area contributed by atoms with E-state index in [0.717, 1.165) is 21.4 Å². The highest BCUT2D eigenvalue weighted by atomic mass is 16.4. The average molecular weight is 494 g/mol. The topological polar surface area (TPSA) is 163 Å². The number of hydrogen-bond donors (Lipinski definition) is 5. The van der Waals surface area contributed by atoms with E-state index in [1.807, 2.05) is 13.8 Å². The number of aliphatic hydroxyl groups excluding tert-OH is 4. The largest absolute Gasteiger partial charge is 0.394 e. The molecule has 1 amide bonds. The van der Waals surface area contributed by atoms with Crippen LogP contribution in [0.1, 0.15) is 21.6 Å². The maximum absolute atomic E-state index is 13.3. The quantitative estimate of drug-likeness (QED) is 0.237. The fourth-order valence-corrected chi connectivity index (χ4v) is 3.80. The molecule has 4 rings (SSSR count). The first-order valence-corrected chi connectivity index (χ1v) is 11.3. The van der Waals surface area contributed by atoms with E-state index in [4.69, 9.17) is 5.11 Å². The lowest BCUT2D eigenvalue weighted by molar-refractivity contribution is -0.0805.